The fraction of sp³-hybridized carbons (Fsp3) is 0.317. The van der Waals surface area contributed by atoms with Crippen LogP contribution in [0.15, 0.2) is 53.2 Å². The number of aryl methyl sites for hydroxylation is 7. The minimum atomic E-state index is -0.0817. The maximum atomic E-state index is 15.2. The maximum absolute atomic E-state index is 15.2. The third-order valence-electron chi connectivity index (χ3n) is 10.6. The lowest BCUT2D eigenvalue weighted by molar-refractivity contribution is 0.0957. The normalized spacial score (nSPS) is 14.6. The summed E-state index contributed by atoms with van der Waals surface area (Å²) in [6.07, 6.45) is 3.35. The molecule has 7 aromatic rings. The van der Waals surface area contributed by atoms with Crippen LogP contribution in [0, 0.1) is 34.6 Å². The van der Waals surface area contributed by atoms with Crippen LogP contribution in [0.5, 0.6) is 5.75 Å². The topological polar surface area (TPSA) is 96.1 Å². The van der Waals surface area contributed by atoms with Crippen LogP contribution in [-0.4, -0.2) is 48.1 Å². The van der Waals surface area contributed by atoms with E-state index in [0.29, 0.717) is 48.4 Å². The van der Waals surface area contributed by atoms with Crippen molar-refractivity contribution in [3.05, 3.63) is 98.3 Å². The first-order valence-electron chi connectivity index (χ1n) is 17.8. The molecule has 0 radical (unpaired) electrons. The zero-order chi connectivity index (χ0) is 37.5. The Balaban J connectivity index is 1.26. The molecule has 0 aliphatic carbocycles. The maximum Gasteiger partial charge on any atom is 0.275 e. The highest BCUT2D eigenvalue weighted by Gasteiger charge is 2.37. The van der Waals surface area contributed by atoms with E-state index in [1.165, 1.54) is 0 Å². The van der Waals surface area contributed by atoms with Crippen LogP contribution in [-0.2, 0) is 20.5 Å². The molecule has 8 rings (SSSR count). The number of halogens is 2. The second kappa shape index (κ2) is 13.1. The Kier molecular flexibility index (Phi) is 8.65. The van der Waals surface area contributed by atoms with Gasteiger partial charge in [0.25, 0.3) is 11.8 Å². The largest absolute Gasteiger partial charge is 0.494 e. The van der Waals surface area contributed by atoms with Crippen LogP contribution >= 0.6 is 23.2 Å². The van der Waals surface area contributed by atoms with Gasteiger partial charge < -0.3 is 23.3 Å². The van der Waals surface area contributed by atoms with E-state index in [9.17, 15) is 0 Å². The van der Waals surface area contributed by atoms with Gasteiger partial charge in [-0.3, -0.25) is 9.48 Å². The summed E-state index contributed by atoms with van der Waals surface area (Å²) in [4.78, 5) is 21.5. The first-order valence-corrected chi connectivity index (χ1v) is 18.6. The second-order valence-corrected chi connectivity index (χ2v) is 15.1. The van der Waals surface area contributed by atoms with Gasteiger partial charge in [-0.05, 0) is 107 Å². The van der Waals surface area contributed by atoms with Gasteiger partial charge in [0.1, 0.15) is 11.4 Å². The number of carbonyl (C=O) groups excluding carboxylic acids is 1. The average Bonchev–Trinajstić information content (AvgIpc) is 3.86. The summed E-state index contributed by atoms with van der Waals surface area (Å²) in [6, 6.07) is 13.9. The molecular formula is C41H41Cl2N7O3. The number of nitrogens with zero attached hydrogens (tertiary/aromatic N) is 7. The molecule has 272 valence electrons. The fourth-order valence-corrected chi connectivity index (χ4v) is 8.43. The zero-order valence-corrected chi connectivity index (χ0v) is 32.6. The summed E-state index contributed by atoms with van der Waals surface area (Å²) in [7, 11) is 3.95. The van der Waals surface area contributed by atoms with E-state index >= 15 is 4.79 Å². The smallest absolute Gasteiger partial charge is 0.275 e. The number of amides is 1. The second-order valence-electron chi connectivity index (χ2n) is 14.3. The van der Waals surface area contributed by atoms with Crippen molar-refractivity contribution in [1.82, 2.24) is 29.1 Å². The van der Waals surface area contributed by atoms with E-state index < -0.39 is 0 Å². The molecule has 1 amide bonds. The van der Waals surface area contributed by atoms with Crippen LogP contribution in [0.1, 0.15) is 63.8 Å². The van der Waals surface area contributed by atoms with E-state index in [1.807, 2.05) is 87.0 Å². The van der Waals surface area contributed by atoms with E-state index in [1.54, 1.807) is 6.92 Å². The third-order valence-corrected chi connectivity index (χ3v) is 11.5. The van der Waals surface area contributed by atoms with Crippen molar-refractivity contribution in [2.75, 3.05) is 18.1 Å². The van der Waals surface area contributed by atoms with E-state index in [0.717, 1.165) is 83.0 Å². The predicted molar refractivity (Wildman–Crippen MR) is 211 cm³/mol. The van der Waals surface area contributed by atoms with Crippen molar-refractivity contribution in [3.8, 4) is 28.3 Å². The molecule has 0 fully saturated rings. The molecular weight excluding hydrogens is 709 g/mol. The molecule has 1 atom stereocenters. The molecule has 0 N–H and O–H groups in total. The number of hydrogen-bond acceptors (Lipinski definition) is 6. The van der Waals surface area contributed by atoms with Gasteiger partial charge in [0.05, 0.1) is 28.5 Å². The minimum absolute atomic E-state index is 0.0626. The van der Waals surface area contributed by atoms with Crippen molar-refractivity contribution in [2.45, 2.75) is 60.4 Å². The van der Waals surface area contributed by atoms with Crippen molar-refractivity contribution in [3.63, 3.8) is 0 Å². The van der Waals surface area contributed by atoms with Crippen molar-refractivity contribution < 1.29 is 14.1 Å². The Morgan fingerprint density at radius 3 is 2.40 bits per heavy atom. The predicted octanol–water partition coefficient (Wildman–Crippen LogP) is 9.67. The molecule has 53 heavy (non-hydrogen) atoms. The fourth-order valence-electron chi connectivity index (χ4n) is 8.07. The number of carbonyl (C=O) groups is 1. The molecule has 10 nitrogen and oxygen atoms in total. The molecule has 0 bridgehead atoms. The molecule has 0 saturated carbocycles. The van der Waals surface area contributed by atoms with Crippen molar-refractivity contribution >= 4 is 56.6 Å². The van der Waals surface area contributed by atoms with Gasteiger partial charge in [-0.1, -0.05) is 34.4 Å². The molecule has 1 aliphatic heterocycles. The molecule has 5 heterocycles. The average molecular weight is 751 g/mol. The lowest BCUT2D eigenvalue weighted by Gasteiger charge is -2.34. The van der Waals surface area contributed by atoms with Crippen LogP contribution in [0.25, 0.3) is 44.4 Å². The summed E-state index contributed by atoms with van der Waals surface area (Å²) < 4.78 is 17.9. The Bertz CT molecular complexity index is 2590. The molecule has 0 unspecified atom stereocenters. The van der Waals surface area contributed by atoms with Gasteiger partial charge >= 0.3 is 0 Å². The number of anilines is 1. The minimum Gasteiger partial charge on any atom is -0.494 e. The Morgan fingerprint density at radius 2 is 1.72 bits per heavy atom. The quantitative estimate of drug-likeness (QED) is 0.144. The number of benzene rings is 3. The Morgan fingerprint density at radius 1 is 0.962 bits per heavy atom. The number of aromatic nitrogens is 6. The highest BCUT2D eigenvalue weighted by molar-refractivity contribution is 6.35. The molecule has 0 spiro atoms. The van der Waals surface area contributed by atoms with Gasteiger partial charge in [-0.15, -0.1) is 0 Å². The first kappa shape index (κ1) is 35.0. The highest BCUT2D eigenvalue weighted by atomic mass is 35.5. The molecule has 0 saturated heterocycles. The number of ether oxygens (including phenoxy) is 1. The van der Waals surface area contributed by atoms with Crippen LogP contribution in [0.3, 0.4) is 0 Å². The Hall–Kier alpha value is -5.06. The van der Waals surface area contributed by atoms with E-state index in [-0.39, 0.29) is 11.9 Å². The van der Waals surface area contributed by atoms with E-state index in [4.69, 9.17) is 37.6 Å². The molecule has 1 aliphatic rings. The SMILES string of the molecule is Cc1noc(-c2ccc3c(c2)c(N2C[C@@H](C)n4c(c(CCCOc5cc(C)c(Cl)c(C)c5)c5ccc(Cl)c(-c6c(C)nn(C)c6C)c54)C2=O)cn3C)n1. The van der Waals surface area contributed by atoms with Gasteiger partial charge in [-0.2, -0.15) is 10.1 Å². The zero-order valence-electron chi connectivity index (χ0n) is 31.1. The lowest BCUT2D eigenvalue weighted by atomic mass is 9.98. The van der Waals surface area contributed by atoms with Crippen molar-refractivity contribution in [1.29, 1.82) is 0 Å². The summed E-state index contributed by atoms with van der Waals surface area (Å²) in [5.41, 5.74) is 11.0. The van der Waals surface area contributed by atoms with Gasteiger partial charge in [0.2, 0.25) is 0 Å². The summed E-state index contributed by atoms with van der Waals surface area (Å²) in [6.45, 7) is 12.9. The van der Waals surface area contributed by atoms with Crippen LogP contribution < -0.4 is 9.64 Å². The number of rotatable bonds is 8. The first-order chi connectivity index (χ1) is 25.3. The van der Waals surface area contributed by atoms with Crippen molar-refractivity contribution in [2.24, 2.45) is 14.1 Å². The summed E-state index contributed by atoms with van der Waals surface area (Å²) in [5.74, 6) is 1.73. The lowest BCUT2D eigenvalue weighted by Crippen LogP contribution is -2.42. The molecule has 4 aromatic heterocycles. The third kappa shape index (κ3) is 5.70. The summed E-state index contributed by atoms with van der Waals surface area (Å²) >= 11 is 13.5. The highest BCUT2D eigenvalue weighted by Crippen LogP contribution is 2.46. The molecule has 12 heteroatoms. The summed E-state index contributed by atoms with van der Waals surface area (Å²) in [5, 5.41) is 12.0. The monoisotopic (exact) mass is 749 g/mol. The number of fused-ring (bicyclic) bond motifs is 4. The van der Waals surface area contributed by atoms with E-state index in [2.05, 4.69) is 39.2 Å². The Labute approximate surface area is 317 Å². The van der Waals surface area contributed by atoms with Gasteiger partial charge in [-0.25, -0.2) is 0 Å². The standard InChI is InChI=1S/C41H41Cl2N7O3/c1-21-16-28(17-22(2)37(21)43)52-15-9-10-29-30-12-13-32(42)36(35-24(4)45-48(8)25(35)5)38(30)50-23(3)19-49(41(51)39(29)50)34-20-47(7)33-14-11-27(18-31(33)34)40-44-26(6)46-53-40/h11-14,16-18,20,23H,9-10,15,19H2,1-8H3/t23-/m1/s1. The van der Waals surface area contributed by atoms with Crippen LogP contribution in [0.4, 0.5) is 5.69 Å². The number of hydrogen-bond donors (Lipinski definition) is 0. The van der Waals surface area contributed by atoms with Crippen LogP contribution in [0.2, 0.25) is 10.0 Å². The molecule has 3 aromatic carbocycles. The van der Waals surface area contributed by atoms with Gasteiger partial charge in [0, 0.05) is 76.6 Å². The van der Waals surface area contributed by atoms with Gasteiger partial charge in [0.15, 0.2) is 5.82 Å².